The number of aryl methyl sites for hydroxylation is 1. The molecule has 4 nitrogen and oxygen atoms in total. The number of hydrogen-bond acceptors (Lipinski definition) is 3. The highest BCUT2D eigenvalue weighted by Crippen LogP contribution is 2.10. The fourth-order valence-electron chi connectivity index (χ4n) is 1.82. The quantitative estimate of drug-likeness (QED) is 0.863. The topological polar surface area (TPSA) is 55.4 Å². The van der Waals surface area contributed by atoms with Gasteiger partial charge in [0.05, 0.1) is 5.56 Å². The third-order valence-electron chi connectivity index (χ3n) is 3.06. The summed E-state index contributed by atoms with van der Waals surface area (Å²) in [7, 11) is 0. The van der Waals surface area contributed by atoms with Crippen molar-refractivity contribution in [2.75, 3.05) is 11.9 Å². The first kappa shape index (κ1) is 15.7. The van der Waals surface area contributed by atoms with Crippen LogP contribution < -0.4 is 5.32 Å². The van der Waals surface area contributed by atoms with E-state index in [-0.39, 0.29) is 5.56 Å². The van der Waals surface area contributed by atoms with Crippen molar-refractivity contribution in [2.45, 2.75) is 13.3 Å². The number of ether oxygens (including phenoxy) is 1. The van der Waals surface area contributed by atoms with E-state index >= 15 is 0 Å². The summed E-state index contributed by atoms with van der Waals surface area (Å²) in [5, 5.41) is 2.63. The number of hydrogen-bond donors (Lipinski definition) is 1. The van der Waals surface area contributed by atoms with Crippen LogP contribution in [0.5, 0.6) is 0 Å². The number of esters is 1. The molecule has 5 heteroatoms. The van der Waals surface area contributed by atoms with Gasteiger partial charge in [0, 0.05) is 5.69 Å². The van der Waals surface area contributed by atoms with Crippen LogP contribution in [0, 0.1) is 5.82 Å². The average Bonchev–Trinajstić information content (AvgIpc) is 2.54. The minimum Gasteiger partial charge on any atom is -0.452 e. The lowest BCUT2D eigenvalue weighted by molar-refractivity contribution is -0.119. The summed E-state index contributed by atoms with van der Waals surface area (Å²) in [6, 6.07) is 12.3. The smallest absolute Gasteiger partial charge is 0.338 e. The molecule has 0 heterocycles. The van der Waals surface area contributed by atoms with E-state index in [0.29, 0.717) is 5.69 Å². The Morgan fingerprint density at radius 2 is 1.68 bits per heavy atom. The lowest BCUT2D eigenvalue weighted by atomic mass is 10.1. The summed E-state index contributed by atoms with van der Waals surface area (Å²) in [5.41, 5.74) is 2.00. The molecule has 114 valence electrons. The Morgan fingerprint density at radius 1 is 1.05 bits per heavy atom. The highest BCUT2D eigenvalue weighted by atomic mass is 19.1. The third kappa shape index (κ3) is 4.41. The van der Waals surface area contributed by atoms with Crippen LogP contribution >= 0.6 is 0 Å². The fraction of sp³-hybridized carbons (Fsp3) is 0.176. The first-order chi connectivity index (χ1) is 10.6. The van der Waals surface area contributed by atoms with E-state index in [2.05, 4.69) is 5.32 Å². The number of nitrogens with one attached hydrogen (secondary N) is 1. The Bertz CT molecular complexity index is 651. The molecule has 0 aliphatic rings. The van der Waals surface area contributed by atoms with Gasteiger partial charge in [-0.2, -0.15) is 0 Å². The zero-order valence-electron chi connectivity index (χ0n) is 12.1. The largest absolute Gasteiger partial charge is 0.452 e. The third-order valence-corrected chi connectivity index (χ3v) is 3.06. The number of amides is 1. The molecule has 0 saturated carbocycles. The molecule has 0 unspecified atom stereocenters. The molecule has 0 aromatic heterocycles. The predicted molar refractivity (Wildman–Crippen MR) is 81.1 cm³/mol. The second-order valence-corrected chi connectivity index (χ2v) is 4.68. The van der Waals surface area contributed by atoms with Crippen LogP contribution in [-0.2, 0) is 16.0 Å². The maximum Gasteiger partial charge on any atom is 0.338 e. The molecule has 0 aliphatic carbocycles. The lowest BCUT2D eigenvalue weighted by Crippen LogP contribution is -2.20. The molecule has 2 aromatic carbocycles. The van der Waals surface area contributed by atoms with Gasteiger partial charge in [0.2, 0.25) is 0 Å². The Hall–Kier alpha value is -2.69. The summed E-state index contributed by atoms with van der Waals surface area (Å²) in [6.07, 6.45) is 0.920. The van der Waals surface area contributed by atoms with Crippen molar-refractivity contribution >= 4 is 17.6 Å². The maximum absolute atomic E-state index is 12.7. The van der Waals surface area contributed by atoms with E-state index in [0.717, 1.165) is 18.6 Å². The second-order valence-electron chi connectivity index (χ2n) is 4.68. The number of halogens is 1. The summed E-state index contributed by atoms with van der Waals surface area (Å²) in [4.78, 5) is 23.4. The molecule has 0 saturated heterocycles. The van der Waals surface area contributed by atoms with Crippen molar-refractivity contribution in [1.29, 1.82) is 0 Å². The van der Waals surface area contributed by atoms with Gasteiger partial charge in [-0.25, -0.2) is 9.18 Å². The van der Waals surface area contributed by atoms with Crippen molar-refractivity contribution < 1.29 is 18.7 Å². The van der Waals surface area contributed by atoms with E-state index in [1.165, 1.54) is 17.7 Å². The van der Waals surface area contributed by atoms with Crippen LogP contribution in [-0.4, -0.2) is 18.5 Å². The normalized spacial score (nSPS) is 10.1. The Labute approximate surface area is 127 Å². The number of rotatable bonds is 5. The zero-order valence-corrected chi connectivity index (χ0v) is 12.1. The minimum absolute atomic E-state index is 0.196. The van der Waals surface area contributed by atoms with Gasteiger partial charge in [0.15, 0.2) is 6.61 Å². The molecule has 0 atom stereocenters. The summed E-state index contributed by atoms with van der Waals surface area (Å²) in [5.74, 6) is -1.54. The molecular formula is C17H16FNO3. The van der Waals surface area contributed by atoms with Crippen LogP contribution in [0.1, 0.15) is 22.8 Å². The van der Waals surface area contributed by atoms with Gasteiger partial charge >= 0.3 is 5.97 Å². The van der Waals surface area contributed by atoms with Gasteiger partial charge in [-0.1, -0.05) is 19.1 Å². The standard InChI is InChI=1S/C17H16FNO3/c1-2-12-3-9-15(10-4-12)19-16(20)11-22-17(21)13-5-7-14(18)8-6-13/h3-10H,2,11H2,1H3,(H,19,20). The molecule has 0 radical (unpaired) electrons. The SMILES string of the molecule is CCc1ccc(NC(=O)COC(=O)c2ccc(F)cc2)cc1. The van der Waals surface area contributed by atoms with Crippen LogP contribution in [0.4, 0.5) is 10.1 Å². The number of benzene rings is 2. The molecule has 1 amide bonds. The van der Waals surface area contributed by atoms with Gasteiger partial charge < -0.3 is 10.1 Å². The summed E-state index contributed by atoms with van der Waals surface area (Å²) >= 11 is 0. The molecule has 0 bridgehead atoms. The molecule has 0 fully saturated rings. The van der Waals surface area contributed by atoms with E-state index < -0.39 is 24.3 Å². The van der Waals surface area contributed by atoms with Crippen LogP contribution in [0.15, 0.2) is 48.5 Å². The summed E-state index contributed by atoms with van der Waals surface area (Å²) in [6.45, 7) is 1.65. The molecule has 22 heavy (non-hydrogen) atoms. The van der Waals surface area contributed by atoms with Crippen molar-refractivity contribution in [1.82, 2.24) is 0 Å². The highest BCUT2D eigenvalue weighted by molar-refractivity contribution is 5.95. The van der Waals surface area contributed by atoms with Gasteiger partial charge in [-0.3, -0.25) is 4.79 Å². The van der Waals surface area contributed by atoms with Crippen molar-refractivity contribution in [3.8, 4) is 0 Å². The van der Waals surface area contributed by atoms with E-state index in [9.17, 15) is 14.0 Å². The van der Waals surface area contributed by atoms with Crippen molar-refractivity contribution in [3.63, 3.8) is 0 Å². The molecule has 0 aliphatic heterocycles. The van der Waals surface area contributed by atoms with Gasteiger partial charge in [-0.05, 0) is 48.4 Å². The maximum atomic E-state index is 12.7. The fourth-order valence-corrected chi connectivity index (χ4v) is 1.82. The van der Waals surface area contributed by atoms with Crippen LogP contribution in [0.2, 0.25) is 0 Å². The van der Waals surface area contributed by atoms with Crippen molar-refractivity contribution in [3.05, 3.63) is 65.5 Å². The molecule has 2 rings (SSSR count). The predicted octanol–water partition coefficient (Wildman–Crippen LogP) is 3.18. The van der Waals surface area contributed by atoms with Gasteiger partial charge in [0.25, 0.3) is 5.91 Å². The van der Waals surface area contributed by atoms with Crippen LogP contribution in [0.3, 0.4) is 0 Å². The average molecular weight is 301 g/mol. The molecule has 2 aromatic rings. The zero-order chi connectivity index (χ0) is 15.9. The first-order valence-corrected chi connectivity index (χ1v) is 6.90. The number of carbonyl (C=O) groups is 2. The Kier molecular flexibility index (Phi) is 5.25. The van der Waals surface area contributed by atoms with Gasteiger partial charge in [-0.15, -0.1) is 0 Å². The second kappa shape index (κ2) is 7.36. The Morgan fingerprint density at radius 3 is 2.27 bits per heavy atom. The highest BCUT2D eigenvalue weighted by Gasteiger charge is 2.10. The monoisotopic (exact) mass is 301 g/mol. The van der Waals surface area contributed by atoms with E-state index in [1.54, 1.807) is 12.1 Å². The first-order valence-electron chi connectivity index (χ1n) is 6.90. The van der Waals surface area contributed by atoms with Crippen molar-refractivity contribution in [2.24, 2.45) is 0 Å². The minimum atomic E-state index is -0.670. The molecular weight excluding hydrogens is 285 g/mol. The molecule has 0 spiro atoms. The molecule has 1 N–H and O–H groups in total. The van der Waals surface area contributed by atoms with E-state index in [1.807, 2.05) is 19.1 Å². The number of carbonyl (C=O) groups excluding carboxylic acids is 2. The van der Waals surface area contributed by atoms with Gasteiger partial charge in [0.1, 0.15) is 5.82 Å². The number of anilines is 1. The van der Waals surface area contributed by atoms with E-state index in [4.69, 9.17) is 4.74 Å². The lowest BCUT2D eigenvalue weighted by Gasteiger charge is -2.07. The van der Waals surface area contributed by atoms with Crippen LogP contribution in [0.25, 0.3) is 0 Å². The Balaban J connectivity index is 1.84. The summed E-state index contributed by atoms with van der Waals surface area (Å²) < 4.78 is 17.6.